The van der Waals surface area contributed by atoms with Gasteiger partial charge in [0.2, 0.25) is 0 Å². The molecule has 0 bridgehead atoms. The molecule has 21 heavy (non-hydrogen) atoms. The molecule has 2 aromatic heterocycles. The third-order valence-electron chi connectivity index (χ3n) is 4.31. The van der Waals surface area contributed by atoms with Gasteiger partial charge in [0.1, 0.15) is 0 Å². The Bertz CT molecular complexity index is 785. The minimum atomic E-state index is -0.343. The number of hydrogen-bond donors (Lipinski definition) is 0. The minimum absolute atomic E-state index is 0.282. The van der Waals surface area contributed by atoms with E-state index in [1.807, 2.05) is 4.57 Å². The maximum absolute atomic E-state index is 12.4. The SMILES string of the molecule is C[C@H]1CCCN(Cn2cnc3c2c(=O)n(C)c(=O)n3C)C1. The molecule has 0 aliphatic carbocycles. The smallest absolute Gasteiger partial charge is 0.311 e. The largest absolute Gasteiger partial charge is 0.332 e. The van der Waals surface area contributed by atoms with Crippen molar-refractivity contribution >= 4 is 11.2 Å². The average molecular weight is 291 g/mol. The Balaban J connectivity index is 2.04. The molecule has 1 saturated heterocycles. The van der Waals surface area contributed by atoms with Crippen LogP contribution < -0.4 is 11.2 Å². The van der Waals surface area contributed by atoms with Crippen molar-refractivity contribution in [3.8, 4) is 0 Å². The molecule has 1 fully saturated rings. The van der Waals surface area contributed by atoms with Gasteiger partial charge in [-0.1, -0.05) is 6.92 Å². The lowest BCUT2D eigenvalue weighted by Crippen LogP contribution is -2.39. The highest BCUT2D eigenvalue weighted by Gasteiger charge is 2.19. The number of piperidine rings is 1. The lowest BCUT2D eigenvalue weighted by molar-refractivity contribution is 0.147. The number of likely N-dealkylation sites (tertiary alicyclic amines) is 1. The predicted octanol–water partition coefficient (Wildman–Crippen LogP) is 0.123. The summed E-state index contributed by atoms with van der Waals surface area (Å²) in [7, 11) is 3.15. The maximum Gasteiger partial charge on any atom is 0.332 e. The first kappa shape index (κ1) is 14.1. The molecule has 3 rings (SSSR count). The van der Waals surface area contributed by atoms with Crippen LogP contribution in [0, 0.1) is 5.92 Å². The van der Waals surface area contributed by atoms with Gasteiger partial charge in [-0.05, 0) is 25.3 Å². The molecule has 1 aliphatic rings. The summed E-state index contributed by atoms with van der Waals surface area (Å²) in [4.78, 5) is 30.9. The van der Waals surface area contributed by atoms with Gasteiger partial charge in [-0.25, -0.2) is 9.78 Å². The van der Waals surface area contributed by atoms with Crippen molar-refractivity contribution in [3.05, 3.63) is 27.2 Å². The summed E-state index contributed by atoms with van der Waals surface area (Å²) in [5.41, 5.74) is 0.325. The van der Waals surface area contributed by atoms with Gasteiger partial charge >= 0.3 is 5.69 Å². The number of nitrogens with zero attached hydrogens (tertiary/aromatic N) is 5. The molecule has 0 amide bonds. The summed E-state index contributed by atoms with van der Waals surface area (Å²) in [6, 6.07) is 0. The first-order valence-electron chi connectivity index (χ1n) is 7.32. The zero-order valence-electron chi connectivity index (χ0n) is 12.7. The summed E-state index contributed by atoms with van der Waals surface area (Å²) in [5, 5.41) is 0. The van der Waals surface area contributed by atoms with Crippen LogP contribution in [0.2, 0.25) is 0 Å². The molecule has 0 saturated carbocycles. The van der Waals surface area contributed by atoms with Crippen LogP contribution in [0.4, 0.5) is 0 Å². The second kappa shape index (κ2) is 5.14. The van der Waals surface area contributed by atoms with E-state index in [1.54, 1.807) is 13.4 Å². The Hall–Kier alpha value is -1.89. The van der Waals surface area contributed by atoms with Crippen LogP contribution in [0.25, 0.3) is 11.2 Å². The van der Waals surface area contributed by atoms with Gasteiger partial charge in [-0.15, -0.1) is 0 Å². The summed E-state index contributed by atoms with van der Waals surface area (Å²) in [6.07, 6.45) is 4.10. The maximum atomic E-state index is 12.4. The van der Waals surface area contributed by atoms with E-state index in [1.165, 1.54) is 24.5 Å². The highest BCUT2D eigenvalue weighted by Crippen LogP contribution is 2.17. The number of aryl methyl sites for hydroxylation is 1. The van der Waals surface area contributed by atoms with Gasteiger partial charge in [-0.3, -0.25) is 18.8 Å². The Labute approximate surface area is 122 Å². The van der Waals surface area contributed by atoms with Crippen molar-refractivity contribution in [2.45, 2.75) is 26.4 Å². The fraction of sp³-hybridized carbons (Fsp3) is 0.643. The first-order valence-corrected chi connectivity index (χ1v) is 7.32. The molecular weight excluding hydrogens is 270 g/mol. The van der Waals surface area contributed by atoms with E-state index >= 15 is 0 Å². The normalized spacial score (nSPS) is 20.2. The molecule has 0 N–H and O–H groups in total. The summed E-state index contributed by atoms with van der Waals surface area (Å²) in [5.74, 6) is 0.681. The molecule has 1 aliphatic heterocycles. The van der Waals surface area contributed by atoms with Crippen LogP contribution in [0.3, 0.4) is 0 Å². The topological polar surface area (TPSA) is 65.1 Å². The number of fused-ring (bicyclic) bond motifs is 1. The quantitative estimate of drug-likeness (QED) is 0.788. The molecule has 7 nitrogen and oxygen atoms in total. The minimum Gasteiger partial charge on any atom is -0.311 e. The lowest BCUT2D eigenvalue weighted by atomic mass is 10.0. The van der Waals surface area contributed by atoms with Crippen molar-refractivity contribution in [2.24, 2.45) is 20.0 Å². The summed E-state index contributed by atoms with van der Waals surface area (Å²) < 4.78 is 4.42. The van der Waals surface area contributed by atoms with Gasteiger partial charge in [0.05, 0.1) is 13.0 Å². The molecule has 0 radical (unpaired) electrons. The van der Waals surface area contributed by atoms with E-state index in [4.69, 9.17) is 0 Å². The zero-order valence-corrected chi connectivity index (χ0v) is 12.7. The highest BCUT2D eigenvalue weighted by atomic mass is 16.2. The van der Waals surface area contributed by atoms with Crippen molar-refractivity contribution in [3.63, 3.8) is 0 Å². The van der Waals surface area contributed by atoms with Gasteiger partial charge in [0.15, 0.2) is 11.2 Å². The van der Waals surface area contributed by atoms with E-state index in [0.717, 1.165) is 17.7 Å². The highest BCUT2D eigenvalue weighted by molar-refractivity contribution is 5.69. The Morgan fingerprint density at radius 3 is 2.76 bits per heavy atom. The van der Waals surface area contributed by atoms with Crippen LogP contribution in [0.15, 0.2) is 15.9 Å². The number of aromatic nitrogens is 4. The summed E-state index contributed by atoms with van der Waals surface area (Å²) >= 11 is 0. The second-order valence-corrected chi connectivity index (χ2v) is 6.06. The van der Waals surface area contributed by atoms with Crippen LogP contribution in [-0.4, -0.2) is 36.7 Å². The van der Waals surface area contributed by atoms with Crippen LogP contribution >= 0.6 is 0 Å². The third kappa shape index (κ3) is 2.31. The fourth-order valence-corrected chi connectivity index (χ4v) is 3.13. The van der Waals surface area contributed by atoms with Gasteiger partial charge < -0.3 is 4.57 Å². The van der Waals surface area contributed by atoms with Crippen molar-refractivity contribution in [1.82, 2.24) is 23.6 Å². The molecule has 114 valence electrons. The molecule has 3 heterocycles. The van der Waals surface area contributed by atoms with E-state index in [9.17, 15) is 9.59 Å². The van der Waals surface area contributed by atoms with Gasteiger partial charge in [-0.2, -0.15) is 0 Å². The first-order chi connectivity index (χ1) is 9.99. The summed E-state index contributed by atoms with van der Waals surface area (Å²) in [6.45, 7) is 4.97. The molecule has 2 aromatic rings. The number of hydrogen-bond acceptors (Lipinski definition) is 4. The third-order valence-corrected chi connectivity index (χ3v) is 4.31. The van der Waals surface area contributed by atoms with E-state index in [2.05, 4.69) is 16.8 Å². The monoisotopic (exact) mass is 291 g/mol. The van der Waals surface area contributed by atoms with E-state index in [0.29, 0.717) is 23.8 Å². The van der Waals surface area contributed by atoms with Gasteiger partial charge in [0.25, 0.3) is 5.56 Å². The molecule has 0 unspecified atom stereocenters. The molecule has 0 spiro atoms. The van der Waals surface area contributed by atoms with Gasteiger partial charge in [0, 0.05) is 20.6 Å². The molecular formula is C14H21N5O2. The average Bonchev–Trinajstić information content (AvgIpc) is 2.87. The van der Waals surface area contributed by atoms with E-state index < -0.39 is 0 Å². The Kier molecular flexibility index (Phi) is 3.44. The molecule has 1 atom stereocenters. The Morgan fingerprint density at radius 2 is 2.05 bits per heavy atom. The predicted molar refractivity (Wildman–Crippen MR) is 80.2 cm³/mol. The fourth-order valence-electron chi connectivity index (χ4n) is 3.13. The lowest BCUT2D eigenvalue weighted by Gasteiger charge is -2.30. The number of imidazole rings is 1. The number of rotatable bonds is 2. The molecule has 7 heteroatoms. The Morgan fingerprint density at radius 1 is 1.29 bits per heavy atom. The molecule has 0 aromatic carbocycles. The van der Waals surface area contributed by atoms with Crippen LogP contribution in [0.5, 0.6) is 0 Å². The zero-order chi connectivity index (χ0) is 15.1. The van der Waals surface area contributed by atoms with Crippen molar-refractivity contribution < 1.29 is 0 Å². The van der Waals surface area contributed by atoms with Crippen LogP contribution in [0.1, 0.15) is 19.8 Å². The standard InChI is InChI=1S/C14H21N5O2/c1-10-5-4-6-18(7-10)9-19-8-15-12-11(19)13(20)17(3)14(21)16(12)2/h8,10H,4-7,9H2,1-3H3/t10-/m0/s1. The van der Waals surface area contributed by atoms with Crippen LogP contribution in [-0.2, 0) is 20.8 Å². The van der Waals surface area contributed by atoms with Crippen molar-refractivity contribution in [1.29, 1.82) is 0 Å². The van der Waals surface area contributed by atoms with E-state index in [-0.39, 0.29) is 11.2 Å². The van der Waals surface area contributed by atoms with Crippen molar-refractivity contribution in [2.75, 3.05) is 13.1 Å². The second-order valence-electron chi connectivity index (χ2n) is 6.06.